The number of unbranched alkanes of at least 4 members (excludes halogenated alkanes) is 1. The number of benzene rings is 2. The molecule has 13 nitrogen and oxygen atoms in total. The number of aromatic nitrogens is 3. The molecule has 0 radical (unpaired) electrons. The van der Waals surface area contributed by atoms with Crippen LogP contribution in [0.5, 0.6) is 11.5 Å². The van der Waals surface area contributed by atoms with E-state index in [9.17, 15) is 28.7 Å². The number of nitrogen functional groups attached to an aromatic ring is 1. The van der Waals surface area contributed by atoms with E-state index in [-0.39, 0.29) is 29.4 Å². The smallest absolute Gasteiger partial charge is 0.404 e. The Labute approximate surface area is 211 Å². The summed E-state index contributed by atoms with van der Waals surface area (Å²) >= 11 is 0. The molecule has 0 unspecified atom stereocenters. The summed E-state index contributed by atoms with van der Waals surface area (Å²) in [6.07, 6.45) is 2.26. The molecule has 0 aliphatic heterocycles. The molecule has 2 aromatic carbocycles. The average Bonchev–Trinajstić information content (AvgIpc) is 3.16. The molecule has 0 spiro atoms. The van der Waals surface area contributed by atoms with E-state index in [1.165, 1.54) is 12.1 Å². The number of imidazole rings is 1. The number of hydrogen-bond acceptors (Lipinski definition) is 8. The second-order valence-electron chi connectivity index (χ2n) is 8.40. The third-order valence-electron chi connectivity index (χ3n) is 5.64. The van der Waals surface area contributed by atoms with Crippen LogP contribution in [0.25, 0.3) is 21.9 Å². The fourth-order valence-corrected chi connectivity index (χ4v) is 4.91. The Morgan fingerprint density at radius 1 is 1.00 bits per heavy atom. The van der Waals surface area contributed by atoms with Crippen molar-refractivity contribution in [2.24, 2.45) is 5.73 Å². The zero-order valence-electron chi connectivity index (χ0n) is 19.8. The highest BCUT2D eigenvalue weighted by Crippen LogP contribution is 2.43. The van der Waals surface area contributed by atoms with Gasteiger partial charge < -0.3 is 25.1 Å². The van der Waals surface area contributed by atoms with Crippen molar-refractivity contribution in [1.29, 1.82) is 0 Å². The van der Waals surface area contributed by atoms with E-state index >= 15 is 0 Å². The van der Waals surface area contributed by atoms with E-state index in [1.807, 2.05) is 29.7 Å². The number of anilines is 1. The van der Waals surface area contributed by atoms with Crippen molar-refractivity contribution in [3.63, 3.8) is 0 Å². The van der Waals surface area contributed by atoms with Gasteiger partial charge in [0.25, 0.3) is 0 Å². The zero-order valence-corrected chi connectivity index (χ0v) is 21.6. The van der Waals surface area contributed by atoms with E-state index in [1.54, 1.807) is 0 Å². The van der Waals surface area contributed by atoms with Gasteiger partial charge in [0.05, 0.1) is 17.6 Å². The maximum absolute atomic E-state index is 11.6. The monoisotopic (exact) mass is 551 g/mol. The van der Waals surface area contributed by atoms with Crippen molar-refractivity contribution in [2.45, 2.75) is 39.3 Å². The van der Waals surface area contributed by atoms with E-state index in [0.29, 0.717) is 35.3 Å². The summed E-state index contributed by atoms with van der Waals surface area (Å²) < 4.78 is 34.4. The number of fused-ring (bicyclic) bond motifs is 3. The molecule has 2 heterocycles. The first-order valence-electron chi connectivity index (χ1n) is 11.3. The molecular weight excluding hydrogens is 524 g/mol. The number of nitrogens with two attached hydrogens (primary N) is 2. The predicted octanol–water partition coefficient (Wildman–Crippen LogP) is 2.96. The van der Waals surface area contributed by atoms with E-state index < -0.39 is 15.6 Å². The Hall–Kier alpha value is -3.02. The highest BCUT2D eigenvalue weighted by atomic mass is 31.2. The molecule has 4 aromatic rings. The highest BCUT2D eigenvalue weighted by molar-refractivity contribution is 7.47. The van der Waals surface area contributed by atoms with Gasteiger partial charge in [0.15, 0.2) is 5.82 Å². The summed E-state index contributed by atoms with van der Waals surface area (Å²) in [4.78, 5) is 46.5. The minimum absolute atomic E-state index is 0.0273. The first kappa shape index (κ1) is 27.0. The SMILES string of the molecule is CCCCc1nc2c(N)nc3cc(CN)ccc3c2n1Cc1cc(OP(=O)(O)O)ccc1OP(=O)(O)O. The lowest BCUT2D eigenvalue weighted by atomic mass is 10.1. The Morgan fingerprint density at radius 2 is 1.73 bits per heavy atom. The number of nitrogens with zero attached hydrogens (tertiary/aromatic N) is 3. The number of pyridine rings is 1. The minimum atomic E-state index is -4.96. The maximum atomic E-state index is 11.6. The van der Waals surface area contributed by atoms with Crippen molar-refractivity contribution >= 4 is 43.4 Å². The molecule has 8 N–H and O–H groups in total. The summed E-state index contributed by atoms with van der Waals surface area (Å²) in [5, 5.41) is 0.733. The van der Waals surface area contributed by atoms with E-state index in [2.05, 4.69) is 4.98 Å². The normalized spacial score (nSPS) is 12.4. The second-order valence-corrected chi connectivity index (χ2v) is 10.7. The predicted molar refractivity (Wildman–Crippen MR) is 137 cm³/mol. The molecule has 0 bridgehead atoms. The number of phosphoric acid groups is 2. The first-order valence-corrected chi connectivity index (χ1v) is 14.3. The molecule has 0 aliphatic carbocycles. The van der Waals surface area contributed by atoms with Gasteiger partial charge in [-0.3, -0.25) is 19.6 Å². The molecule has 0 fully saturated rings. The molecule has 37 heavy (non-hydrogen) atoms. The van der Waals surface area contributed by atoms with Gasteiger partial charge in [0.1, 0.15) is 22.8 Å². The van der Waals surface area contributed by atoms with Crippen LogP contribution in [0.4, 0.5) is 5.82 Å². The van der Waals surface area contributed by atoms with E-state index in [0.717, 1.165) is 29.9 Å². The Balaban J connectivity index is 1.95. The molecule has 198 valence electrons. The van der Waals surface area contributed by atoms with Crippen LogP contribution in [0, 0.1) is 0 Å². The van der Waals surface area contributed by atoms with Gasteiger partial charge in [0, 0.05) is 23.9 Å². The molecule has 0 saturated carbocycles. The van der Waals surface area contributed by atoms with Crippen molar-refractivity contribution in [2.75, 3.05) is 5.73 Å². The summed E-state index contributed by atoms with van der Waals surface area (Å²) in [5.41, 5.74) is 14.8. The van der Waals surface area contributed by atoms with Crippen LogP contribution in [-0.4, -0.2) is 34.1 Å². The van der Waals surface area contributed by atoms with Crippen LogP contribution in [0.1, 0.15) is 36.7 Å². The molecule has 0 atom stereocenters. The lowest BCUT2D eigenvalue weighted by Crippen LogP contribution is -2.08. The number of rotatable bonds is 10. The van der Waals surface area contributed by atoms with Crippen molar-refractivity contribution < 1.29 is 37.8 Å². The molecule has 0 amide bonds. The third kappa shape index (κ3) is 6.28. The maximum Gasteiger partial charge on any atom is 0.524 e. The van der Waals surface area contributed by atoms with Crippen LogP contribution < -0.4 is 20.5 Å². The average molecular weight is 551 g/mol. The topological polar surface area (TPSA) is 216 Å². The first-order chi connectivity index (χ1) is 17.4. The number of phosphoric ester groups is 2. The van der Waals surface area contributed by atoms with Crippen molar-refractivity contribution in [1.82, 2.24) is 14.5 Å². The van der Waals surface area contributed by atoms with Gasteiger partial charge in [0.2, 0.25) is 0 Å². The summed E-state index contributed by atoms with van der Waals surface area (Å²) in [7, 11) is -9.85. The molecule has 4 rings (SSSR count). The van der Waals surface area contributed by atoms with Gasteiger partial charge in [-0.2, -0.15) is 0 Å². The molecule has 0 aliphatic rings. The van der Waals surface area contributed by atoms with Crippen LogP contribution in [0.15, 0.2) is 36.4 Å². The Bertz CT molecular complexity index is 1560. The summed E-state index contributed by atoms with van der Waals surface area (Å²) in [6.45, 7) is 2.31. The lowest BCUT2D eigenvalue weighted by molar-refractivity contribution is 0.277. The van der Waals surface area contributed by atoms with Crippen LogP contribution in [0.3, 0.4) is 0 Å². The number of aryl methyl sites for hydroxylation is 1. The molecule has 2 aromatic heterocycles. The second kappa shape index (κ2) is 10.4. The van der Waals surface area contributed by atoms with Crippen LogP contribution in [-0.2, 0) is 28.6 Å². The summed E-state index contributed by atoms with van der Waals surface area (Å²) in [6, 6.07) is 9.10. The van der Waals surface area contributed by atoms with E-state index in [4.69, 9.17) is 25.5 Å². The van der Waals surface area contributed by atoms with Gasteiger partial charge in [-0.15, -0.1) is 0 Å². The van der Waals surface area contributed by atoms with Crippen LogP contribution in [0.2, 0.25) is 0 Å². The molecular formula is C22H27N5O8P2. The fourth-order valence-electron chi connectivity index (χ4n) is 4.09. The highest BCUT2D eigenvalue weighted by Gasteiger charge is 2.24. The lowest BCUT2D eigenvalue weighted by Gasteiger charge is -2.17. The van der Waals surface area contributed by atoms with Gasteiger partial charge in [-0.1, -0.05) is 25.5 Å². The largest absolute Gasteiger partial charge is 0.524 e. The fraction of sp³-hybridized carbons (Fsp3) is 0.273. The standard InChI is InChI=1S/C22H27N5O8P2/c1-2-3-4-19-26-20-21(16-7-5-13(11-23)9-17(16)25-22(20)24)27(19)12-14-10-15(34-36(28,29)30)6-8-18(14)35-37(31,32)33/h5-10H,2-4,11-12,23H2,1H3,(H2,24,25)(H2,28,29,30)(H2,31,32,33). The van der Waals surface area contributed by atoms with Gasteiger partial charge in [-0.25, -0.2) is 19.1 Å². The van der Waals surface area contributed by atoms with Gasteiger partial charge >= 0.3 is 15.6 Å². The zero-order chi connectivity index (χ0) is 27.0. The Morgan fingerprint density at radius 3 is 2.38 bits per heavy atom. The third-order valence-corrected chi connectivity index (χ3v) is 6.52. The van der Waals surface area contributed by atoms with Crippen molar-refractivity contribution in [3.05, 3.63) is 53.3 Å². The van der Waals surface area contributed by atoms with Crippen molar-refractivity contribution in [3.8, 4) is 11.5 Å². The molecule has 15 heteroatoms. The minimum Gasteiger partial charge on any atom is -0.404 e. The van der Waals surface area contributed by atoms with Crippen LogP contribution >= 0.6 is 15.6 Å². The Kier molecular flexibility index (Phi) is 7.59. The summed E-state index contributed by atoms with van der Waals surface area (Å²) in [5.74, 6) is 0.452. The van der Waals surface area contributed by atoms with Gasteiger partial charge in [-0.05, 0) is 36.2 Å². The molecule has 0 saturated heterocycles. The quantitative estimate of drug-likeness (QED) is 0.157. The number of hydrogen-bond donors (Lipinski definition) is 6.